The number of amides is 2. The molecule has 0 fully saturated rings. The number of nitrogens with one attached hydrogen (secondary N) is 2. The van der Waals surface area contributed by atoms with Gasteiger partial charge >= 0.3 is 0 Å². The first kappa shape index (κ1) is 18.1. The third-order valence-electron chi connectivity index (χ3n) is 4.37. The van der Waals surface area contributed by atoms with Crippen LogP contribution in [0.3, 0.4) is 0 Å². The molecule has 0 aliphatic rings. The average molecular weight is 371 g/mol. The summed E-state index contributed by atoms with van der Waals surface area (Å²) in [5.41, 5.74) is 7.31. The van der Waals surface area contributed by atoms with Crippen LogP contribution in [0.5, 0.6) is 0 Å². The number of nitrogens with zero attached hydrogens (tertiary/aromatic N) is 2. The molecule has 0 aromatic carbocycles. The normalized spacial score (nSPS) is 12.9. The van der Waals surface area contributed by atoms with Gasteiger partial charge in [0.2, 0.25) is 0 Å². The molecule has 136 valence electrons. The van der Waals surface area contributed by atoms with Crippen LogP contribution in [-0.4, -0.2) is 32.8 Å². The Balaban J connectivity index is 1.95. The van der Waals surface area contributed by atoms with E-state index >= 15 is 0 Å². The predicted octanol–water partition coefficient (Wildman–Crippen LogP) is 2.95. The summed E-state index contributed by atoms with van der Waals surface area (Å²) >= 11 is 1.25. The number of thiophene rings is 1. The summed E-state index contributed by atoms with van der Waals surface area (Å²) in [5, 5.41) is 3.01. The molecule has 1 atom stereocenters. The van der Waals surface area contributed by atoms with Crippen LogP contribution in [0.15, 0.2) is 24.5 Å². The van der Waals surface area contributed by atoms with Gasteiger partial charge in [0.15, 0.2) is 5.65 Å². The van der Waals surface area contributed by atoms with Crippen LogP contribution in [0.25, 0.3) is 21.7 Å². The zero-order valence-corrected chi connectivity index (χ0v) is 15.9. The van der Waals surface area contributed by atoms with E-state index in [9.17, 15) is 9.59 Å². The summed E-state index contributed by atoms with van der Waals surface area (Å²) < 4.78 is 0. The van der Waals surface area contributed by atoms with E-state index in [1.54, 1.807) is 24.5 Å². The Bertz CT molecular complexity index is 983. The second kappa shape index (κ2) is 6.53. The Kier molecular flexibility index (Phi) is 4.53. The minimum Gasteiger partial charge on any atom is -0.365 e. The molecule has 0 aliphatic heterocycles. The van der Waals surface area contributed by atoms with Crippen molar-refractivity contribution >= 4 is 34.3 Å². The second-order valence-electron chi connectivity index (χ2n) is 7.24. The Morgan fingerprint density at radius 3 is 2.65 bits per heavy atom. The van der Waals surface area contributed by atoms with Crippen molar-refractivity contribution in [2.24, 2.45) is 11.1 Å². The van der Waals surface area contributed by atoms with Gasteiger partial charge < -0.3 is 16.0 Å². The third kappa shape index (κ3) is 3.45. The maximum absolute atomic E-state index is 12.7. The van der Waals surface area contributed by atoms with Crippen LogP contribution in [0.4, 0.5) is 0 Å². The number of hydrogen-bond donors (Lipinski definition) is 3. The van der Waals surface area contributed by atoms with Crippen molar-refractivity contribution in [1.29, 1.82) is 0 Å². The number of H-pyrrole nitrogens is 1. The monoisotopic (exact) mass is 371 g/mol. The van der Waals surface area contributed by atoms with Gasteiger partial charge in [0.05, 0.1) is 27.2 Å². The number of hydrogen-bond acceptors (Lipinski definition) is 5. The first-order chi connectivity index (χ1) is 12.2. The molecule has 3 aromatic heterocycles. The number of carbonyl (C=O) groups is 2. The van der Waals surface area contributed by atoms with Gasteiger partial charge in [-0.3, -0.25) is 9.59 Å². The molecule has 7 nitrogen and oxygen atoms in total. The lowest BCUT2D eigenvalue weighted by Gasteiger charge is -2.27. The van der Waals surface area contributed by atoms with Crippen molar-refractivity contribution < 1.29 is 9.59 Å². The van der Waals surface area contributed by atoms with E-state index in [0.29, 0.717) is 27.3 Å². The fraction of sp³-hybridized carbons (Fsp3) is 0.333. The molecule has 3 heterocycles. The number of nitrogens with two attached hydrogens (primary N) is 1. The van der Waals surface area contributed by atoms with Gasteiger partial charge in [-0.1, -0.05) is 20.8 Å². The Morgan fingerprint density at radius 1 is 1.31 bits per heavy atom. The summed E-state index contributed by atoms with van der Waals surface area (Å²) in [7, 11) is 0. The van der Waals surface area contributed by atoms with Crippen molar-refractivity contribution in [3.8, 4) is 10.6 Å². The highest BCUT2D eigenvalue weighted by molar-refractivity contribution is 7.17. The molecule has 8 heteroatoms. The smallest absolute Gasteiger partial charge is 0.258 e. The van der Waals surface area contributed by atoms with Crippen LogP contribution >= 0.6 is 11.3 Å². The fourth-order valence-corrected chi connectivity index (χ4v) is 3.09. The molecule has 3 rings (SSSR count). The van der Waals surface area contributed by atoms with Gasteiger partial charge in [-0.2, -0.15) is 0 Å². The third-order valence-corrected chi connectivity index (χ3v) is 5.50. The largest absolute Gasteiger partial charge is 0.365 e. The zero-order chi connectivity index (χ0) is 19.1. The van der Waals surface area contributed by atoms with E-state index in [4.69, 9.17) is 5.73 Å². The van der Waals surface area contributed by atoms with Crippen LogP contribution in [0, 0.1) is 5.41 Å². The molecule has 1 unspecified atom stereocenters. The second-order valence-corrected chi connectivity index (χ2v) is 8.33. The van der Waals surface area contributed by atoms with Crippen LogP contribution < -0.4 is 11.1 Å². The van der Waals surface area contributed by atoms with Gasteiger partial charge in [-0.15, -0.1) is 11.3 Å². The number of carbonyl (C=O) groups excluding carboxylic acids is 2. The molecule has 0 bridgehead atoms. The fourth-order valence-electron chi connectivity index (χ4n) is 2.28. The summed E-state index contributed by atoms with van der Waals surface area (Å²) in [6.07, 6.45) is 3.22. The molecular formula is C18H21N5O2S. The predicted molar refractivity (Wildman–Crippen MR) is 102 cm³/mol. The van der Waals surface area contributed by atoms with Gasteiger partial charge in [-0.25, -0.2) is 9.97 Å². The number of aromatic amines is 1. The maximum atomic E-state index is 12.7. The van der Waals surface area contributed by atoms with Gasteiger partial charge in [0, 0.05) is 12.2 Å². The van der Waals surface area contributed by atoms with Crippen LogP contribution in [0.2, 0.25) is 0 Å². The molecule has 0 saturated heterocycles. The maximum Gasteiger partial charge on any atom is 0.258 e. The molecule has 4 N–H and O–H groups in total. The van der Waals surface area contributed by atoms with Crippen molar-refractivity contribution in [1.82, 2.24) is 20.3 Å². The van der Waals surface area contributed by atoms with Gasteiger partial charge in [-0.05, 0) is 24.5 Å². The highest BCUT2D eigenvalue weighted by Gasteiger charge is 2.24. The number of rotatable bonds is 4. The van der Waals surface area contributed by atoms with E-state index < -0.39 is 5.91 Å². The van der Waals surface area contributed by atoms with Crippen LogP contribution in [0.1, 0.15) is 47.7 Å². The topological polar surface area (TPSA) is 114 Å². The van der Waals surface area contributed by atoms with E-state index in [-0.39, 0.29) is 17.4 Å². The number of primary amides is 1. The van der Waals surface area contributed by atoms with E-state index in [0.717, 1.165) is 4.88 Å². The molecule has 0 saturated carbocycles. The molecule has 26 heavy (non-hydrogen) atoms. The molecule has 3 aromatic rings. The van der Waals surface area contributed by atoms with Crippen molar-refractivity contribution in [3.63, 3.8) is 0 Å². The van der Waals surface area contributed by atoms with Gasteiger partial charge in [0.1, 0.15) is 5.52 Å². The minimum absolute atomic E-state index is 0.00786. The average Bonchev–Trinajstić information content (AvgIpc) is 3.20. The van der Waals surface area contributed by atoms with Gasteiger partial charge in [0.25, 0.3) is 11.8 Å². The lowest BCUT2D eigenvalue weighted by molar-refractivity contribution is 0.0911. The van der Waals surface area contributed by atoms with E-state index in [1.165, 1.54) is 11.3 Å². The zero-order valence-electron chi connectivity index (χ0n) is 15.1. The van der Waals surface area contributed by atoms with E-state index in [1.807, 2.05) is 6.92 Å². The lowest BCUT2D eigenvalue weighted by atomic mass is 9.88. The summed E-state index contributed by atoms with van der Waals surface area (Å²) in [6, 6.07) is 3.42. The van der Waals surface area contributed by atoms with Crippen molar-refractivity contribution in [2.45, 2.75) is 33.7 Å². The first-order valence-electron chi connectivity index (χ1n) is 8.22. The molecular weight excluding hydrogens is 350 g/mol. The molecule has 0 aliphatic carbocycles. The van der Waals surface area contributed by atoms with Crippen molar-refractivity contribution in [2.75, 3.05) is 0 Å². The minimum atomic E-state index is -0.479. The first-order valence-corrected chi connectivity index (χ1v) is 9.03. The Labute approximate surface area is 155 Å². The highest BCUT2D eigenvalue weighted by atomic mass is 32.1. The summed E-state index contributed by atoms with van der Waals surface area (Å²) in [4.78, 5) is 37.0. The number of aromatic nitrogens is 3. The summed E-state index contributed by atoms with van der Waals surface area (Å²) in [6.45, 7) is 8.18. The van der Waals surface area contributed by atoms with Crippen LogP contribution in [-0.2, 0) is 0 Å². The quantitative estimate of drug-likeness (QED) is 0.654. The standard InChI is InChI=1S/C18H21N5O2S/c1-9(18(2,3)4)22-17(25)10-7-20-16-14(10)23-11(8-21-16)12-5-6-13(26-12)15(19)24/h5-9H,1-4H3,(H2,19,24)(H,20,21)(H,22,25). The SMILES string of the molecule is CC(NC(=O)c1c[nH]c2ncc(-c3ccc(C(N)=O)s3)nc12)C(C)(C)C. The highest BCUT2D eigenvalue weighted by Crippen LogP contribution is 2.28. The summed E-state index contributed by atoms with van der Waals surface area (Å²) in [5.74, 6) is -0.678. The van der Waals surface area contributed by atoms with E-state index in [2.05, 4.69) is 41.0 Å². The Hall–Kier alpha value is -2.74. The van der Waals surface area contributed by atoms with Crippen molar-refractivity contribution in [3.05, 3.63) is 35.0 Å². The Morgan fingerprint density at radius 2 is 2.04 bits per heavy atom. The number of fused-ring (bicyclic) bond motifs is 1. The molecule has 2 amide bonds. The lowest BCUT2D eigenvalue weighted by Crippen LogP contribution is -2.41. The molecule has 0 spiro atoms. The molecule has 0 radical (unpaired) electrons.